The molecule has 1 aromatic heterocycles. The van der Waals surface area contributed by atoms with Crippen LogP contribution in [-0.2, 0) is 6.54 Å². The maximum atomic E-state index is 12.7. The van der Waals surface area contributed by atoms with E-state index >= 15 is 0 Å². The van der Waals surface area contributed by atoms with Crippen molar-refractivity contribution in [3.8, 4) is 5.75 Å². The van der Waals surface area contributed by atoms with Crippen LogP contribution in [-0.4, -0.2) is 29.3 Å². The minimum atomic E-state index is -0.628. The zero-order chi connectivity index (χ0) is 14.2. The lowest BCUT2D eigenvalue weighted by atomic mass is 10.3. The minimum Gasteiger partial charge on any atom is -0.491 e. The topological polar surface area (TPSA) is 54.4 Å². The molecule has 1 atom stereocenters. The molecule has 1 aromatic carbocycles. The molecule has 0 aliphatic heterocycles. The predicted octanol–water partition coefficient (Wildman–Crippen LogP) is 1.75. The Bertz CT molecular complexity index is 505. The molecule has 0 aliphatic rings. The van der Waals surface area contributed by atoms with Crippen molar-refractivity contribution >= 4 is 0 Å². The molecule has 5 heteroatoms. The minimum absolute atomic E-state index is 0.158. The van der Waals surface area contributed by atoms with Crippen molar-refractivity contribution in [2.75, 3.05) is 13.2 Å². The van der Waals surface area contributed by atoms with Crippen LogP contribution < -0.4 is 10.1 Å². The van der Waals surface area contributed by atoms with E-state index < -0.39 is 6.10 Å². The van der Waals surface area contributed by atoms with Crippen molar-refractivity contribution in [2.24, 2.45) is 0 Å². The molecular formula is C15H17FN2O2. The van der Waals surface area contributed by atoms with E-state index in [1.807, 2.05) is 12.1 Å². The average molecular weight is 276 g/mol. The Kier molecular flexibility index (Phi) is 5.46. The number of ether oxygens (including phenoxy) is 1. The highest BCUT2D eigenvalue weighted by molar-refractivity contribution is 5.22. The molecule has 2 rings (SSSR count). The maximum Gasteiger partial charge on any atom is 0.123 e. The van der Waals surface area contributed by atoms with Crippen LogP contribution in [0.1, 0.15) is 5.56 Å². The summed E-state index contributed by atoms with van der Waals surface area (Å²) in [6, 6.07) is 9.54. The Morgan fingerprint density at radius 2 is 2.05 bits per heavy atom. The van der Waals surface area contributed by atoms with Gasteiger partial charge in [0.1, 0.15) is 24.3 Å². The molecule has 0 unspecified atom stereocenters. The van der Waals surface area contributed by atoms with Gasteiger partial charge in [-0.05, 0) is 35.9 Å². The van der Waals surface area contributed by atoms with E-state index in [2.05, 4.69) is 10.3 Å². The summed E-state index contributed by atoms with van der Waals surface area (Å²) in [6.07, 6.45) is 2.86. The number of hydrogen-bond acceptors (Lipinski definition) is 4. The Labute approximate surface area is 117 Å². The molecule has 4 nitrogen and oxygen atoms in total. The van der Waals surface area contributed by atoms with Crippen LogP contribution in [0.2, 0.25) is 0 Å². The Morgan fingerprint density at radius 3 is 2.75 bits per heavy atom. The second kappa shape index (κ2) is 7.57. The third kappa shape index (κ3) is 4.95. The van der Waals surface area contributed by atoms with Crippen molar-refractivity contribution < 1.29 is 14.2 Å². The molecule has 0 saturated carbocycles. The van der Waals surface area contributed by atoms with Gasteiger partial charge in [-0.15, -0.1) is 0 Å². The van der Waals surface area contributed by atoms with Crippen molar-refractivity contribution in [1.82, 2.24) is 10.3 Å². The number of hydrogen-bond donors (Lipinski definition) is 2. The first-order valence-corrected chi connectivity index (χ1v) is 6.40. The highest BCUT2D eigenvalue weighted by atomic mass is 19.1. The zero-order valence-corrected chi connectivity index (χ0v) is 11.0. The van der Waals surface area contributed by atoms with E-state index in [0.717, 1.165) is 5.56 Å². The van der Waals surface area contributed by atoms with Gasteiger partial charge in [0, 0.05) is 25.5 Å². The summed E-state index contributed by atoms with van der Waals surface area (Å²) >= 11 is 0. The Morgan fingerprint density at radius 1 is 1.25 bits per heavy atom. The van der Waals surface area contributed by atoms with E-state index in [9.17, 15) is 9.50 Å². The summed E-state index contributed by atoms with van der Waals surface area (Å²) in [5.74, 6) is 0.230. The fourth-order valence-electron chi connectivity index (χ4n) is 1.67. The van der Waals surface area contributed by atoms with Gasteiger partial charge >= 0.3 is 0 Å². The molecule has 1 heterocycles. The lowest BCUT2D eigenvalue weighted by Crippen LogP contribution is -2.31. The van der Waals surface area contributed by atoms with E-state index in [4.69, 9.17) is 4.74 Å². The highest BCUT2D eigenvalue weighted by Crippen LogP contribution is 2.11. The van der Waals surface area contributed by atoms with Gasteiger partial charge in [0.2, 0.25) is 0 Å². The summed E-state index contributed by atoms with van der Waals surface area (Å²) in [5.41, 5.74) is 1.05. The van der Waals surface area contributed by atoms with Crippen molar-refractivity contribution in [3.05, 3.63) is 60.2 Å². The van der Waals surface area contributed by atoms with E-state index in [-0.39, 0.29) is 12.4 Å². The predicted molar refractivity (Wildman–Crippen MR) is 73.8 cm³/mol. The Balaban J connectivity index is 1.65. The van der Waals surface area contributed by atoms with Crippen LogP contribution in [0.15, 0.2) is 48.8 Å². The third-order valence-electron chi connectivity index (χ3n) is 2.69. The SMILES string of the molecule is O[C@@H](CNCc1cccnc1)COc1ccc(F)cc1. The van der Waals surface area contributed by atoms with Gasteiger partial charge in [0.15, 0.2) is 0 Å². The van der Waals surface area contributed by atoms with E-state index in [1.54, 1.807) is 12.4 Å². The van der Waals surface area contributed by atoms with Gasteiger partial charge in [-0.2, -0.15) is 0 Å². The number of nitrogens with one attached hydrogen (secondary N) is 1. The molecule has 2 aromatic rings. The van der Waals surface area contributed by atoms with Gasteiger partial charge in [0.05, 0.1) is 0 Å². The number of aliphatic hydroxyl groups excluding tert-OH is 1. The zero-order valence-electron chi connectivity index (χ0n) is 11.0. The summed E-state index contributed by atoms with van der Waals surface area (Å²) in [7, 11) is 0. The first kappa shape index (κ1) is 14.4. The molecule has 20 heavy (non-hydrogen) atoms. The van der Waals surface area contributed by atoms with Crippen LogP contribution in [0.4, 0.5) is 4.39 Å². The van der Waals surface area contributed by atoms with E-state index in [0.29, 0.717) is 18.8 Å². The third-order valence-corrected chi connectivity index (χ3v) is 2.69. The van der Waals surface area contributed by atoms with Crippen LogP contribution >= 0.6 is 0 Å². The van der Waals surface area contributed by atoms with Gasteiger partial charge < -0.3 is 15.2 Å². The second-order valence-corrected chi connectivity index (χ2v) is 4.41. The largest absolute Gasteiger partial charge is 0.491 e. The van der Waals surface area contributed by atoms with Crippen LogP contribution in [0.5, 0.6) is 5.75 Å². The van der Waals surface area contributed by atoms with Crippen LogP contribution in [0, 0.1) is 5.82 Å². The quantitative estimate of drug-likeness (QED) is 0.809. The van der Waals surface area contributed by atoms with Gasteiger partial charge in [-0.25, -0.2) is 4.39 Å². The molecule has 2 N–H and O–H groups in total. The van der Waals surface area contributed by atoms with Crippen LogP contribution in [0.25, 0.3) is 0 Å². The molecule has 106 valence electrons. The standard InChI is InChI=1S/C15H17FN2O2/c16-13-3-5-15(6-4-13)20-11-14(19)10-18-9-12-2-1-7-17-8-12/h1-8,14,18-19H,9-11H2/t14-/m0/s1. The number of rotatable bonds is 7. The molecular weight excluding hydrogens is 259 g/mol. The smallest absolute Gasteiger partial charge is 0.123 e. The summed E-state index contributed by atoms with van der Waals surface area (Å²) in [6.45, 7) is 1.21. The van der Waals surface area contributed by atoms with Gasteiger partial charge in [0.25, 0.3) is 0 Å². The van der Waals surface area contributed by atoms with Crippen molar-refractivity contribution in [2.45, 2.75) is 12.6 Å². The number of pyridine rings is 1. The highest BCUT2D eigenvalue weighted by Gasteiger charge is 2.05. The van der Waals surface area contributed by atoms with E-state index in [1.165, 1.54) is 24.3 Å². The lowest BCUT2D eigenvalue weighted by molar-refractivity contribution is 0.106. The fourth-order valence-corrected chi connectivity index (χ4v) is 1.67. The molecule has 0 aliphatic carbocycles. The maximum absolute atomic E-state index is 12.7. The molecule has 0 bridgehead atoms. The molecule has 0 fully saturated rings. The average Bonchev–Trinajstić information content (AvgIpc) is 2.48. The lowest BCUT2D eigenvalue weighted by Gasteiger charge is -2.13. The molecule has 0 saturated heterocycles. The second-order valence-electron chi connectivity index (χ2n) is 4.41. The number of halogens is 1. The monoisotopic (exact) mass is 276 g/mol. The number of nitrogens with zero attached hydrogens (tertiary/aromatic N) is 1. The van der Waals surface area contributed by atoms with Crippen LogP contribution in [0.3, 0.4) is 0 Å². The fraction of sp³-hybridized carbons (Fsp3) is 0.267. The first-order chi connectivity index (χ1) is 9.74. The summed E-state index contributed by atoms with van der Waals surface area (Å²) < 4.78 is 18.0. The number of benzene rings is 1. The Hall–Kier alpha value is -1.98. The van der Waals surface area contributed by atoms with Crippen molar-refractivity contribution in [3.63, 3.8) is 0 Å². The van der Waals surface area contributed by atoms with Gasteiger partial charge in [-0.3, -0.25) is 4.98 Å². The van der Waals surface area contributed by atoms with Gasteiger partial charge in [-0.1, -0.05) is 6.07 Å². The summed E-state index contributed by atoms with van der Waals surface area (Å²) in [5, 5.41) is 12.9. The molecule has 0 radical (unpaired) electrons. The normalized spacial score (nSPS) is 12.1. The molecule has 0 amide bonds. The first-order valence-electron chi connectivity index (χ1n) is 6.40. The van der Waals surface area contributed by atoms with Crippen molar-refractivity contribution in [1.29, 1.82) is 0 Å². The number of aromatic nitrogens is 1. The molecule has 0 spiro atoms. The summed E-state index contributed by atoms with van der Waals surface area (Å²) in [4.78, 5) is 4.01. The number of aliphatic hydroxyl groups is 1.